The van der Waals surface area contributed by atoms with Crippen molar-refractivity contribution in [3.63, 3.8) is 0 Å². The minimum atomic E-state index is -0.748. The number of hydrogen-bond donors (Lipinski definition) is 2. The number of benzene rings is 1. The molecule has 2 rings (SSSR count). The molecule has 1 aliphatic rings. The number of carbonyl (C=O) groups is 2. The average molecular weight is 318 g/mol. The predicted octanol–water partition coefficient (Wildman–Crippen LogP) is 1.79. The molecule has 5 heteroatoms. The molecule has 1 heterocycles. The van der Waals surface area contributed by atoms with Gasteiger partial charge in [-0.15, -0.1) is 0 Å². The van der Waals surface area contributed by atoms with Crippen LogP contribution in [0.5, 0.6) is 0 Å². The monoisotopic (exact) mass is 318 g/mol. The van der Waals surface area contributed by atoms with Crippen LogP contribution in [0.2, 0.25) is 0 Å². The first kappa shape index (κ1) is 17.5. The molecule has 0 saturated carbocycles. The Hall–Kier alpha value is -1.88. The molecule has 1 fully saturated rings. The van der Waals surface area contributed by atoms with Crippen molar-refractivity contribution in [1.29, 1.82) is 0 Å². The van der Waals surface area contributed by atoms with Gasteiger partial charge in [0, 0.05) is 19.5 Å². The molecule has 0 aromatic heterocycles. The Morgan fingerprint density at radius 3 is 2.61 bits per heavy atom. The number of likely N-dealkylation sites (tertiary alicyclic amines) is 1. The Balaban J connectivity index is 1.99. The van der Waals surface area contributed by atoms with Gasteiger partial charge in [-0.3, -0.25) is 9.59 Å². The lowest BCUT2D eigenvalue weighted by Gasteiger charge is -2.30. The molecule has 1 saturated heterocycles. The fourth-order valence-corrected chi connectivity index (χ4v) is 3.14. The van der Waals surface area contributed by atoms with E-state index in [0.29, 0.717) is 13.0 Å². The molecule has 0 aliphatic carbocycles. The summed E-state index contributed by atoms with van der Waals surface area (Å²) in [7, 11) is 0. The molecule has 1 aromatic rings. The highest BCUT2D eigenvalue weighted by Crippen LogP contribution is 2.20. The third-order valence-electron chi connectivity index (χ3n) is 4.36. The molecule has 0 spiro atoms. The van der Waals surface area contributed by atoms with Crippen molar-refractivity contribution >= 4 is 11.8 Å². The second-order valence-electron chi connectivity index (χ2n) is 6.50. The number of aliphatic hydroxyl groups is 1. The third-order valence-corrected chi connectivity index (χ3v) is 4.36. The zero-order chi connectivity index (χ0) is 17.0. The van der Waals surface area contributed by atoms with Crippen LogP contribution >= 0.6 is 0 Å². The molecule has 2 atom stereocenters. The summed E-state index contributed by atoms with van der Waals surface area (Å²) in [6.45, 7) is 6.59. The van der Waals surface area contributed by atoms with Gasteiger partial charge in [-0.05, 0) is 30.4 Å². The van der Waals surface area contributed by atoms with Crippen molar-refractivity contribution in [3.8, 4) is 0 Å². The summed E-state index contributed by atoms with van der Waals surface area (Å²) < 4.78 is 0. The number of amides is 2. The molecule has 5 nitrogen and oxygen atoms in total. The summed E-state index contributed by atoms with van der Waals surface area (Å²) in [6.07, 6.45) is 0.575. The Kier molecular flexibility index (Phi) is 5.77. The number of rotatable bonds is 6. The maximum Gasteiger partial charge on any atom is 0.243 e. The molecule has 2 amide bonds. The van der Waals surface area contributed by atoms with Crippen LogP contribution in [-0.4, -0.2) is 41.0 Å². The normalized spacial score (nSPS) is 17.4. The van der Waals surface area contributed by atoms with Crippen LogP contribution in [0.1, 0.15) is 43.9 Å². The van der Waals surface area contributed by atoms with Crippen molar-refractivity contribution in [2.75, 3.05) is 13.1 Å². The van der Waals surface area contributed by atoms with Gasteiger partial charge in [-0.1, -0.05) is 38.1 Å². The number of aliphatic hydroxyl groups excluding tert-OH is 1. The van der Waals surface area contributed by atoms with Gasteiger partial charge in [0.25, 0.3) is 0 Å². The van der Waals surface area contributed by atoms with Gasteiger partial charge in [-0.25, -0.2) is 0 Å². The molecule has 2 N–H and O–H groups in total. The van der Waals surface area contributed by atoms with Crippen molar-refractivity contribution in [1.82, 2.24) is 10.2 Å². The molecule has 1 aliphatic heterocycles. The number of carbonyl (C=O) groups excluding carboxylic acids is 2. The average Bonchev–Trinajstić information content (AvgIpc) is 2.91. The predicted molar refractivity (Wildman–Crippen MR) is 88.7 cm³/mol. The zero-order valence-corrected chi connectivity index (χ0v) is 14.1. The SMILES string of the molecule is Cc1ccccc1[C@@H](O)CNC(=O)[C@@H](C(C)C)N1CCCC1=O. The highest BCUT2D eigenvalue weighted by molar-refractivity contribution is 5.88. The molecule has 0 bridgehead atoms. The van der Waals surface area contributed by atoms with Crippen molar-refractivity contribution in [2.24, 2.45) is 5.92 Å². The standard InChI is InChI=1S/C18H26N2O3/c1-12(2)17(20-10-6-9-16(20)22)18(23)19-11-15(21)14-8-5-4-7-13(14)3/h4-5,7-8,12,15,17,21H,6,9-11H2,1-3H3,(H,19,23)/t15-,17+/m0/s1. The van der Waals surface area contributed by atoms with Crippen molar-refractivity contribution in [2.45, 2.75) is 45.8 Å². The summed E-state index contributed by atoms with van der Waals surface area (Å²) in [5.74, 6) is -0.117. The van der Waals surface area contributed by atoms with E-state index in [9.17, 15) is 14.7 Å². The van der Waals surface area contributed by atoms with E-state index in [1.165, 1.54) is 0 Å². The lowest BCUT2D eigenvalue weighted by atomic mass is 10.0. The molecule has 0 radical (unpaired) electrons. The summed E-state index contributed by atoms with van der Waals surface area (Å²) >= 11 is 0. The zero-order valence-electron chi connectivity index (χ0n) is 14.1. The summed E-state index contributed by atoms with van der Waals surface area (Å²) in [5, 5.41) is 13.1. The quantitative estimate of drug-likeness (QED) is 0.840. The third kappa shape index (κ3) is 4.10. The first-order valence-corrected chi connectivity index (χ1v) is 8.22. The maximum absolute atomic E-state index is 12.5. The second kappa shape index (κ2) is 7.59. The lowest BCUT2D eigenvalue weighted by Crippen LogP contribution is -2.51. The van der Waals surface area contributed by atoms with E-state index < -0.39 is 12.1 Å². The molecule has 0 unspecified atom stereocenters. The van der Waals surface area contributed by atoms with Crippen LogP contribution in [0, 0.1) is 12.8 Å². The van der Waals surface area contributed by atoms with Gasteiger partial charge in [-0.2, -0.15) is 0 Å². The number of nitrogens with zero attached hydrogens (tertiary/aromatic N) is 1. The fraction of sp³-hybridized carbons (Fsp3) is 0.556. The van der Waals surface area contributed by atoms with E-state index in [1.807, 2.05) is 45.0 Å². The minimum absolute atomic E-state index is 0.0349. The van der Waals surface area contributed by atoms with Gasteiger partial charge in [0.2, 0.25) is 11.8 Å². The second-order valence-corrected chi connectivity index (χ2v) is 6.50. The van der Waals surface area contributed by atoms with Crippen LogP contribution < -0.4 is 5.32 Å². The van der Waals surface area contributed by atoms with Crippen LogP contribution in [0.25, 0.3) is 0 Å². The van der Waals surface area contributed by atoms with E-state index in [4.69, 9.17) is 0 Å². The summed E-state index contributed by atoms with van der Waals surface area (Å²) in [5.41, 5.74) is 1.80. The molecule has 1 aromatic carbocycles. The highest BCUT2D eigenvalue weighted by atomic mass is 16.3. The first-order valence-electron chi connectivity index (χ1n) is 8.22. The number of nitrogens with one attached hydrogen (secondary N) is 1. The van der Waals surface area contributed by atoms with E-state index in [-0.39, 0.29) is 24.3 Å². The lowest BCUT2D eigenvalue weighted by molar-refractivity contribution is -0.139. The molecule has 23 heavy (non-hydrogen) atoms. The topological polar surface area (TPSA) is 69.6 Å². The summed E-state index contributed by atoms with van der Waals surface area (Å²) in [6, 6.07) is 7.11. The Labute approximate surface area is 137 Å². The largest absolute Gasteiger partial charge is 0.387 e. The molecular weight excluding hydrogens is 292 g/mol. The van der Waals surface area contributed by atoms with E-state index in [1.54, 1.807) is 4.90 Å². The first-order chi connectivity index (χ1) is 10.9. The van der Waals surface area contributed by atoms with E-state index >= 15 is 0 Å². The van der Waals surface area contributed by atoms with E-state index in [0.717, 1.165) is 17.5 Å². The van der Waals surface area contributed by atoms with Gasteiger partial charge in [0.1, 0.15) is 6.04 Å². The Bertz CT molecular complexity index is 571. The minimum Gasteiger partial charge on any atom is -0.387 e. The van der Waals surface area contributed by atoms with Gasteiger partial charge < -0.3 is 15.3 Å². The van der Waals surface area contributed by atoms with E-state index in [2.05, 4.69) is 5.32 Å². The molecular formula is C18H26N2O3. The van der Waals surface area contributed by atoms with Gasteiger partial charge in [0.05, 0.1) is 6.10 Å². The van der Waals surface area contributed by atoms with Crippen LogP contribution in [0.3, 0.4) is 0 Å². The van der Waals surface area contributed by atoms with Gasteiger partial charge >= 0.3 is 0 Å². The molecule has 126 valence electrons. The Morgan fingerprint density at radius 2 is 2.04 bits per heavy atom. The smallest absolute Gasteiger partial charge is 0.243 e. The van der Waals surface area contributed by atoms with Crippen LogP contribution in [-0.2, 0) is 9.59 Å². The van der Waals surface area contributed by atoms with Crippen LogP contribution in [0.4, 0.5) is 0 Å². The Morgan fingerprint density at radius 1 is 1.35 bits per heavy atom. The fourth-order valence-electron chi connectivity index (χ4n) is 3.14. The van der Waals surface area contributed by atoms with Crippen LogP contribution in [0.15, 0.2) is 24.3 Å². The van der Waals surface area contributed by atoms with Gasteiger partial charge in [0.15, 0.2) is 0 Å². The van der Waals surface area contributed by atoms with Crippen molar-refractivity contribution in [3.05, 3.63) is 35.4 Å². The number of hydrogen-bond acceptors (Lipinski definition) is 3. The van der Waals surface area contributed by atoms with Crippen molar-refractivity contribution < 1.29 is 14.7 Å². The maximum atomic E-state index is 12.5. The highest BCUT2D eigenvalue weighted by Gasteiger charge is 2.34. The number of aryl methyl sites for hydroxylation is 1. The summed E-state index contributed by atoms with van der Waals surface area (Å²) in [4.78, 5) is 26.1.